The number of allylic oxidation sites excluding steroid dienone is 4. The summed E-state index contributed by atoms with van der Waals surface area (Å²) in [5, 5.41) is 6.80. The van der Waals surface area contributed by atoms with Crippen LogP contribution in [-0.4, -0.2) is 0 Å². The van der Waals surface area contributed by atoms with Gasteiger partial charge in [-0.25, -0.2) is 0 Å². The molecule has 0 N–H and O–H groups in total. The zero-order valence-corrected chi connectivity index (χ0v) is 34.8. The number of hydrogen-bond acceptors (Lipinski definition) is 3. The Balaban J connectivity index is 1.00. The molecular formula is C58H43NO2. The molecular weight excluding hydrogens is 743 g/mol. The number of hydrogen-bond donors (Lipinski definition) is 0. The maximum absolute atomic E-state index is 6.82. The van der Waals surface area contributed by atoms with Gasteiger partial charge in [-0.1, -0.05) is 137 Å². The van der Waals surface area contributed by atoms with E-state index in [2.05, 4.69) is 196 Å². The number of furan rings is 2. The predicted molar refractivity (Wildman–Crippen MR) is 255 cm³/mol. The predicted octanol–water partition coefficient (Wildman–Crippen LogP) is 16.5. The maximum Gasteiger partial charge on any atom is 0.144 e. The minimum atomic E-state index is -0.119. The summed E-state index contributed by atoms with van der Waals surface area (Å²) >= 11 is 0. The van der Waals surface area contributed by atoms with Gasteiger partial charge in [0.2, 0.25) is 0 Å². The topological polar surface area (TPSA) is 29.5 Å². The van der Waals surface area contributed by atoms with E-state index < -0.39 is 0 Å². The van der Waals surface area contributed by atoms with Crippen LogP contribution in [0.5, 0.6) is 0 Å². The molecule has 0 saturated carbocycles. The van der Waals surface area contributed by atoms with E-state index >= 15 is 0 Å². The van der Waals surface area contributed by atoms with Gasteiger partial charge in [-0.3, -0.25) is 0 Å². The first-order valence-electron chi connectivity index (χ1n) is 21.6. The van der Waals surface area contributed by atoms with Crippen LogP contribution in [0.4, 0.5) is 17.1 Å². The molecule has 13 rings (SSSR count). The van der Waals surface area contributed by atoms with Gasteiger partial charge < -0.3 is 13.7 Å². The Kier molecular flexibility index (Phi) is 6.97. The van der Waals surface area contributed by atoms with Crippen molar-refractivity contribution in [3.63, 3.8) is 0 Å². The monoisotopic (exact) mass is 785 g/mol. The normalized spacial score (nSPS) is 15.9. The third kappa shape index (κ3) is 4.75. The molecule has 292 valence electrons. The number of para-hydroxylation sites is 1. The quantitative estimate of drug-likeness (QED) is 0.178. The first-order chi connectivity index (χ1) is 29.8. The van der Waals surface area contributed by atoms with Crippen molar-refractivity contribution in [1.29, 1.82) is 0 Å². The minimum Gasteiger partial charge on any atom is -0.456 e. The Labute approximate surface area is 354 Å². The number of rotatable bonds is 4. The van der Waals surface area contributed by atoms with E-state index in [1.807, 2.05) is 0 Å². The third-order valence-electron chi connectivity index (χ3n) is 14.3. The minimum absolute atomic E-state index is 0.0752. The first-order valence-corrected chi connectivity index (χ1v) is 21.6. The van der Waals surface area contributed by atoms with Crippen molar-refractivity contribution in [2.75, 3.05) is 4.90 Å². The summed E-state index contributed by atoms with van der Waals surface area (Å²) in [7, 11) is 0. The Morgan fingerprint density at radius 1 is 0.443 bits per heavy atom. The summed E-state index contributed by atoms with van der Waals surface area (Å²) < 4.78 is 13.6. The van der Waals surface area contributed by atoms with Crippen molar-refractivity contribution in [2.45, 2.75) is 51.4 Å². The summed E-state index contributed by atoms with van der Waals surface area (Å²) in [5.74, 6) is 0. The molecule has 0 bridgehead atoms. The van der Waals surface area contributed by atoms with E-state index in [0.717, 1.165) is 84.9 Å². The number of anilines is 3. The van der Waals surface area contributed by atoms with Gasteiger partial charge in [-0.2, -0.15) is 0 Å². The third-order valence-corrected chi connectivity index (χ3v) is 14.3. The summed E-state index contributed by atoms with van der Waals surface area (Å²) in [4.78, 5) is 2.45. The van der Waals surface area contributed by atoms with Crippen molar-refractivity contribution in [2.24, 2.45) is 0 Å². The first kappa shape index (κ1) is 34.7. The van der Waals surface area contributed by atoms with Crippen molar-refractivity contribution in [3.05, 3.63) is 192 Å². The lowest BCUT2D eigenvalue weighted by molar-refractivity contribution is 0.654. The van der Waals surface area contributed by atoms with Crippen LogP contribution in [0, 0.1) is 0 Å². The maximum atomic E-state index is 6.82. The van der Waals surface area contributed by atoms with E-state index in [0.29, 0.717) is 0 Å². The Hall–Kier alpha value is -7.10. The van der Waals surface area contributed by atoms with Gasteiger partial charge in [0.25, 0.3) is 0 Å². The fourth-order valence-corrected chi connectivity index (χ4v) is 11.3. The largest absolute Gasteiger partial charge is 0.456 e. The van der Waals surface area contributed by atoms with E-state index in [9.17, 15) is 0 Å². The number of fused-ring (bicyclic) bond motifs is 15. The molecule has 0 unspecified atom stereocenters. The lowest BCUT2D eigenvalue weighted by Gasteiger charge is -2.30. The van der Waals surface area contributed by atoms with Gasteiger partial charge in [-0.05, 0) is 128 Å². The second-order valence-corrected chi connectivity index (χ2v) is 18.3. The molecule has 0 amide bonds. The average molecular weight is 786 g/mol. The molecule has 3 aliphatic rings. The molecule has 0 atom stereocenters. The molecule has 3 aliphatic carbocycles. The molecule has 0 spiro atoms. The molecule has 8 aromatic carbocycles. The molecule has 3 heteroatoms. The highest BCUT2D eigenvalue weighted by molar-refractivity contribution is 6.32. The Morgan fingerprint density at radius 3 is 1.95 bits per heavy atom. The van der Waals surface area contributed by atoms with Crippen molar-refractivity contribution >= 4 is 77.3 Å². The zero-order valence-electron chi connectivity index (χ0n) is 34.8. The highest BCUT2D eigenvalue weighted by Gasteiger charge is 2.40. The summed E-state index contributed by atoms with van der Waals surface area (Å²) in [5.41, 5.74) is 19.8. The fraction of sp³-hybridized carbons (Fsp3) is 0.138. The number of benzene rings is 8. The molecule has 10 aromatic rings. The van der Waals surface area contributed by atoms with Gasteiger partial charge in [0.05, 0.1) is 0 Å². The summed E-state index contributed by atoms with van der Waals surface area (Å²) in [6.07, 6.45) is 7.12. The lowest BCUT2D eigenvalue weighted by Crippen LogP contribution is -2.18. The second-order valence-electron chi connectivity index (χ2n) is 18.3. The Bertz CT molecular complexity index is 3590. The second kappa shape index (κ2) is 12.2. The van der Waals surface area contributed by atoms with Crippen LogP contribution >= 0.6 is 0 Å². The lowest BCUT2D eigenvalue weighted by atomic mass is 9.80. The highest BCUT2D eigenvalue weighted by atomic mass is 16.3. The van der Waals surface area contributed by atoms with Crippen LogP contribution in [0.25, 0.3) is 82.5 Å². The summed E-state index contributed by atoms with van der Waals surface area (Å²) in [6, 6.07) is 55.6. The van der Waals surface area contributed by atoms with Gasteiger partial charge in [0.15, 0.2) is 0 Å². The van der Waals surface area contributed by atoms with Crippen LogP contribution in [0.3, 0.4) is 0 Å². The zero-order chi connectivity index (χ0) is 40.8. The van der Waals surface area contributed by atoms with E-state index in [1.165, 1.54) is 55.3 Å². The molecule has 2 heterocycles. The molecule has 0 fully saturated rings. The van der Waals surface area contributed by atoms with Crippen LogP contribution < -0.4 is 4.90 Å². The van der Waals surface area contributed by atoms with Crippen LogP contribution in [0.15, 0.2) is 178 Å². The van der Waals surface area contributed by atoms with Crippen molar-refractivity contribution < 1.29 is 8.83 Å². The highest BCUT2D eigenvalue weighted by Crippen LogP contribution is 2.55. The van der Waals surface area contributed by atoms with Crippen molar-refractivity contribution in [1.82, 2.24) is 0 Å². The molecule has 61 heavy (non-hydrogen) atoms. The molecule has 0 saturated heterocycles. The van der Waals surface area contributed by atoms with Gasteiger partial charge in [-0.15, -0.1) is 0 Å². The van der Waals surface area contributed by atoms with Crippen LogP contribution in [-0.2, 0) is 10.8 Å². The van der Waals surface area contributed by atoms with E-state index in [4.69, 9.17) is 8.83 Å². The van der Waals surface area contributed by atoms with E-state index in [1.54, 1.807) is 0 Å². The molecule has 0 radical (unpaired) electrons. The average Bonchev–Trinajstić information content (AvgIpc) is 3.99. The van der Waals surface area contributed by atoms with Crippen LogP contribution in [0.1, 0.15) is 62.8 Å². The molecule has 2 aromatic heterocycles. The summed E-state index contributed by atoms with van der Waals surface area (Å²) in [6.45, 7) is 9.51. The smallest absolute Gasteiger partial charge is 0.144 e. The van der Waals surface area contributed by atoms with Crippen molar-refractivity contribution in [3.8, 4) is 22.3 Å². The standard InChI is InChI=1S/C58H43NO2/c1-57(2)46-18-10-7-15-40(46)42-28-26-37(31-48(42)57)59(38-27-29-43-41-16-8-11-19-47(41)58(3,4)49(43)32-38)36-24-21-35(22-25-36)45-33-52-55(54-44-17-9-12-20-50(44)61-56(45)54)53-39-14-6-5-13-34(39)23-30-51(53)60-52/h5-7,9-10,12-33H,8,11H2,1-4H3. The Morgan fingerprint density at radius 2 is 1.11 bits per heavy atom. The number of nitrogens with zero attached hydrogens (tertiary/aromatic N) is 1. The van der Waals surface area contributed by atoms with Gasteiger partial charge in [0.1, 0.15) is 22.3 Å². The molecule has 3 nitrogen and oxygen atoms in total. The fourth-order valence-electron chi connectivity index (χ4n) is 11.3. The SMILES string of the molecule is CC1(C)C2=CCCC=C2c2ccc(N(c3ccc(-c4cc5oc6ccc7ccccc7c6c5c5c4oc4ccccc45)cc3)c3ccc4c(c3)C(C)(C)c3ccccc3-4)cc21. The van der Waals surface area contributed by atoms with Gasteiger partial charge >= 0.3 is 0 Å². The van der Waals surface area contributed by atoms with E-state index in [-0.39, 0.29) is 10.8 Å². The van der Waals surface area contributed by atoms with Gasteiger partial charge in [0, 0.05) is 55.0 Å². The van der Waals surface area contributed by atoms with Crippen LogP contribution in [0.2, 0.25) is 0 Å². The molecule has 0 aliphatic heterocycles.